The number of sulfonamides is 1. The van der Waals surface area contributed by atoms with Crippen LogP contribution in [0.2, 0.25) is 0 Å². The first-order valence-corrected chi connectivity index (χ1v) is 8.44. The molecule has 3 rings (SSSR count). The second-order valence-corrected chi connectivity index (χ2v) is 7.52. The Balaban J connectivity index is 1.79. The molecule has 0 aliphatic heterocycles. The Bertz CT molecular complexity index is 615. The number of ether oxygens (including phenoxy) is 1. The normalized spacial score (nSPS) is 28.8. The molecule has 0 spiro atoms. The van der Waals surface area contributed by atoms with E-state index in [0.717, 1.165) is 19.3 Å². The van der Waals surface area contributed by atoms with Gasteiger partial charge in [-0.05, 0) is 49.3 Å². The SMILES string of the molecule is COc1ccc(S(=O)(=O)NC2CC3CCC2C3)cc1N. The molecule has 20 heavy (non-hydrogen) atoms. The molecule has 1 aromatic rings. The van der Waals surface area contributed by atoms with Crippen LogP contribution >= 0.6 is 0 Å². The van der Waals surface area contributed by atoms with E-state index in [2.05, 4.69) is 4.72 Å². The Kier molecular flexibility index (Phi) is 3.38. The van der Waals surface area contributed by atoms with Gasteiger partial charge in [0.2, 0.25) is 10.0 Å². The van der Waals surface area contributed by atoms with Crippen molar-refractivity contribution in [2.24, 2.45) is 11.8 Å². The third-order valence-electron chi connectivity index (χ3n) is 4.56. The summed E-state index contributed by atoms with van der Waals surface area (Å²) in [7, 11) is -1.99. The highest BCUT2D eigenvalue weighted by Gasteiger charge is 2.41. The Morgan fingerprint density at radius 2 is 2.10 bits per heavy atom. The molecule has 2 aliphatic carbocycles. The van der Waals surface area contributed by atoms with E-state index in [9.17, 15) is 8.42 Å². The molecule has 3 atom stereocenters. The van der Waals surface area contributed by atoms with Gasteiger partial charge in [-0.3, -0.25) is 0 Å². The van der Waals surface area contributed by atoms with Crippen LogP contribution in [0.5, 0.6) is 5.75 Å². The molecule has 0 radical (unpaired) electrons. The van der Waals surface area contributed by atoms with E-state index in [1.165, 1.54) is 25.7 Å². The molecule has 1 aromatic carbocycles. The lowest BCUT2D eigenvalue weighted by Crippen LogP contribution is -2.38. The number of fused-ring (bicyclic) bond motifs is 2. The molecule has 110 valence electrons. The fourth-order valence-electron chi connectivity index (χ4n) is 3.54. The maximum absolute atomic E-state index is 12.4. The number of nitrogens with one attached hydrogen (secondary N) is 1. The molecule has 2 fully saturated rings. The van der Waals surface area contributed by atoms with Crippen LogP contribution in [0.15, 0.2) is 23.1 Å². The number of nitrogen functional groups attached to an aromatic ring is 1. The lowest BCUT2D eigenvalue weighted by molar-refractivity contribution is 0.390. The van der Waals surface area contributed by atoms with Crippen molar-refractivity contribution in [1.29, 1.82) is 0 Å². The maximum Gasteiger partial charge on any atom is 0.240 e. The highest BCUT2D eigenvalue weighted by molar-refractivity contribution is 7.89. The van der Waals surface area contributed by atoms with Gasteiger partial charge in [0.25, 0.3) is 0 Å². The molecule has 0 aromatic heterocycles. The van der Waals surface area contributed by atoms with Crippen molar-refractivity contribution in [3.8, 4) is 5.75 Å². The van der Waals surface area contributed by atoms with Gasteiger partial charge >= 0.3 is 0 Å². The van der Waals surface area contributed by atoms with E-state index in [1.54, 1.807) is 6.07 Å². The van der Waals surface area contributed by atoms with E-state index in [0.29, 0.717) is 23.3 Å². The third kappa shape index (κ3) is 2.38. The number of benzene rings is 1. The van der Waals surface area contributed by atoms with E-state index < -0.39 is 10.0 Å². The summed E-state index contributed by atoms with van der Waals surface area (Å²) in [6, 6.07) is 4.66. The van der Waals surface area contributed by atoms with Gasteiger partial charge in [0.05, 0.1) is 17.7 Å². The van der Waals surface area contributed by atoms with Crippen molar-refractivity contribution in [3.63, 3.8) is 0 Å². The zero-order valence-corrected chi connectivity index (χ0v) is 12.3. The summed E-state index contributed by atoms with van der Waals surface area (Å²) in [6.07, 6.45) is 4.52. The van der Waals surface area contributed by atoms with E-state index in [1.807, 2.05) is 0 Å². The summed E-state index contributed by atoms with van der Waals surface area (Å²) in [5.41, 5.74) is 6.12. The Hall–Kier alpha value is -1.27. The van der Waals surface area contributed by atoms with Crippen LogP contribution in [0, 0.1) is 11.8 Å². The predicted octanol–water partition coefficient (Wildman–Crippen LogP) is 1.74. The first-order valence-electron chi connectivity index (χ1n) is 6.95. The van der Waals surface area contributed by atoms with Gasteiger partial charge in [-0.15, -0.1) is 0 Å². The number of methoxy groups -OCH3 is 1. The van der Waals surface area contributed by atoms with Crippen molar-refractivity contribution < 1.29 is 13.2 Å². The quantitative estimate of drug-likeness (QED) is 0.829. The number of hydrogen-bond donors (Lipinski definition) is 2. The van der Waals surface area contributed by atoms with Crippen LogP contribution in [0.3, 0.4) is 0 Å². The van der Waals surface area contributed by atoms with Crippen LogP contribution in [0.4, 0.5) is 5.69 Å². The largest absolute Gasteiger partial charge is 0.495 e. The fraction of sp³-hybridized carbons (Fsp3) is 0.571. The topological polar surface area (TPSA) is 81.4 Å². The highest BCUT2D eigenvalue weighted by Crippen LogP contribution is 2.44. The van der Waals surface area contributed by atoms with E-state index >= 15 is 0 Å². The highest BCUT2D eigenvalue weighted by atomic mass is 32.2. The van der Waals surface area contributed by atoms with Gasteiger partial charge in [0, 0.05) is 6.04 Å². The zero-order chi connectivity index (χ0) is 14.3. The minimum absolute atomic E-state index is 0.0853. The second-order valence-electron chi connectivity index (χ2n) is 5.81. The third-order valence-corrected chi connectivity index (χ3v) is 6.04. The molecule has 3 N–H and O–H groups in total. The minimum atomic E-state index is -3.50. The van der Waals surface area contributed by atoms with Crippen LogP contribution in [-0.2, 0) is 10.0 Å². The summed E-state index contributed by atoms with van der Waals surface area (Å²) < 4.78 is 32.7. The van der Waals surface area contributed by atoms with Gasteiger partial charge in [-0.1, -0.05) is 6.42 Å². The maximum atomic E-state index is 12.4. The Morgan fingerprint density at radius 3 is 2.65 bits per heavy atom. The van der Waals surface area contributed by atoms with Gasteiger partial charge in [-0.25, -0.2) is 13.1 Å². The smallest absolute Gasteiger partial charge is 0.240 e. The molecular formula is C14H20N2O3S. The molecule has 2 aliphatic rings. The zero-order valence-electron chi connectivity index (χ0n) is 11.5. The summed E-state index contributed by atoms with van der Waals surface area (Å²) in [4.78, 5) is 0.207. The summed E-state index contributed by atoms with van der Waals surface area (Å²) in [5.74, 6) is 1.70. The summed E-state index contributed by atoms with van der Waals surface area (Å²) in [5, 5.41) is 0. The number of rotatable bonds is 4. The molecule has 3 unspecified atom stereocenters. The molecule has 0 saturated heterocycles. The van der Waals surface area contributed by atoms with Crippen LogP contribution in [0.25, 0.3) is 0 Å². The average Bonchev–Trinajstić information content (AvgIpc) is 3.00. The Labute approximate surface area is 119 Å². The number of nitrogens with two attached hydrogens (primary N) is 1. The predicted molar refractivity (Wildman–Crippen MR) is 77.0 cm³/mol. The van der Waals surface area contributed by atoms with Crippen molar-refractivity contribution in [2.45, 2.75) is 36.6 Å². The fourth-order valence-corrected chi connectivity index (χ4v) is 4.89. The summed E-state index contributed by atoms with van der Waals surface area (Å²) in [6.45, 7) is 0. The summed E-state index contributed by atoms with van der Waals surface area (Å²) >= 11 is 0. The standard InChI is InChI=1S/C14H20N2O3S/c1-19-14-5-4-11(8-12(14)15)20(17,18)16-13-7-9-2-3-10(13)6-9/h4-5,8-10,13,16H,2-3,6-7,15H2,1H3. The molecular weight excluding hydrogens is 276 g/mol. The monoisotopic (exact) mass is 296 g/mol. The number of hydrogen-bond acceptors (Lipinski definition) is 4. The van der Waals surface area contributed by atoms with Crippen LogP contribution < -0.4 is 15.2 Å². The molecule has 0 heterocycles. The van der Waals surface area contributed by atoms with Gasteiger partial charge < -0.3 is 10.5 Å². The van der Waals surface area contributed by atoms with Crippen LogP contribution in [0.1, 0.15) is 25.7 Å². The van der Waals surface area contributed by atoms with E-state index in [-0.39, 0.29) is 10.9 Å². The Morgan fingerprint density at radius 1 is 1.30 bits per heavy atom. The number of anilines is 1. The van der Waals surface area contributed by atoms with Crippen molar-refractivity contribution in [1.82, 2.24) is 4.72 Å². The first kappa shape index (κ1) is 13.7. The lowest BCUT2D eigenvalue weighted by atomic mass is 9.96. The lowest BCUT2D eigenvalue weighted by Gasteiger charge is -2.22. The first-order chi connectivity index (χ1) is 9.49. The average molecular weight is 296 g/mol. The molecule has 5 nitrogen and oxygen atoms in total. The molecule has 6 heteroatoms. The molecule has 0 amide bonds. The minimum Gasteiger partial charge on any atom is -0.495 e. The van der Waals surface area contributed by atoms with Crippen molar-refractivity contribution >= 4 is 15.7 Å². The van der Waals surface area contributed by atoms with Crippen molar-refractivity contribution in [3.05, 3.63) is 18.2 Å². The van der Waals surface area contributed by atoms with Gasteiger partial charge in [0.15, 0.2) is 0 Å². The molecule has 2 saturated carbocycles. The van der Waals surface area contributed by atoms with Gasteiger partial charge in [-0.2, -0.15) is 0 Å². The van der Waals surface area contributed by atoms with Gasteiger partial charge in [0.1, 0.15) is 5.75 Å². The molecule has 2 bridgehead atoms. The van der Waals surface area contributed by atoms with E-state index in [4.69, 9.17) is 10.5 Å². The second kappa shape index (κ2) is 4.93. The van der Waals surface area contributed by atoms with Crippen LogP contribution in [-0.4, -0.2) is 21.6 Å². The van der Waals surface area contributed by atoms with Crippen molar-refractivity contribution in [2.75, 3.05) is 12.8 Å².